The van der Waals surface area contributed by atoms with Gasteiger partial charge in [-0.1, -0.05) is 25.1 Å². The molecule has 0 aromatic heterocycles. The molecule has 0 atom stereocenters. The largest absolute Gasteiger partial charge is 0.493 e. The van der Waals surface area contributed by atoms with Gasteiger partial charge in [0.25, 0.3) is 0 Å². The van der Waals surface area contributed by atoms with Crippen LogP contribution in [-0.2, 0) is 6.54 Å². The zero-order chi connectivity index (χ0) is 17.4. The van der Waals surface area contributed by atoms with Crippen LogP contribution in [0, 0.1) is 13.8 Å². The Morgan fingerprint density at radius 1 is 0.958 bits per heavy atom. The Kier molecular flexibility index (Phi) is 6.94. The van der Waals surface area contributed by atoms with Gasteiger partial charge in [0.05, 0.1) is 7.11 Å². The summed E-state index contributed by atoms with van der Waals surface area (Å²) in [5, 5.41) is 3.32. The Morgan fingerprint density at radius 3 is 2.46 bits per heavy atom. The fourth-order valence-corrected chi connectivity index (χ4v) is 2.39. The molecule has 0 saturated heterocycles. The Morgan fingerprint density at radius 2 is 1.75 bits per heavy atom. The molecule has 24 heavy (non-hydrogen) atoms. The van der Waals surface area contributed by atoms with Crippen LogP contribution in [0.2, 0.25) is 0 Å². The van der Waals surface area contributed by atoms with Crippen molar-refractivity contribution in [2.45, 2.75) is 27.3 Å². The highest BCUT2D eigenvalue weighted by atomic mass is 16.5. The third-order valence-electron chi connectivity index (χ3n) is 3.92. The fraction of sp³-hybridized carbons (Fsp3) is 0.400. The molecule has 0 radical (unpaired) electrons. The second-order valence-corrected chi connectivity index (χ2v) is 5.67. The minimum absolute atomic E-state index is 0.465. The highest BCUT2D eigenvalue weighted by Gasteiger charge is 2.10. The van der Waals surface area contributed by atoms with Gasteiger partial charge in [-0.05, 0) is 49.7 Å². The van der Waals surface area contributed by atoms with Crippen molar-refractivity contribution in [3.63, 3.8) is 0 Å². The summed E-state index contributed by atoms with van der Waals surface area (Å²) in [6, 6.07) is 12.0. The Labute approximate surface area is 144 Å². The van der Waals surface area contributed by atoms with Crippen LogP contribution < -0.4 is 19.5 Å². The van der Waals surface area contributed by atoms with Gasteiger partial charge >= 0.3 is 0 Å². The van der Waals surface area contributed by atoms with Gasteiger partial charge in [0.1, 0.15) is 19.0 Å². The first-order chi connectivity index (χ1) is 11.7. The fourth-order valence-electron chi connectivity index (χ4n) is 2.39. The van der Waals surface area contributed by atoms with E-state index >= 15 is 0 Å². The number of aryl methyl sites for hydroxylation is 2. The summed E-state index contributed by atoms with van der Waals surface area (Å²) in [5.41, 5.74) is 3.58. The lowest BCUT2D eigenvalue weighted by molar-refractivity contribution is 0.209. The minimum atomic E-state index is 0.465. The first-order valence-corrected chi connectivity index (χ1v) is 8.35. The Bertz CT molecular complexity index is 655. The summed E-state index contributed by atoms with van der Waals surface area (Å²) in [7, 11) is 1.66. The molecule has 4 nitrogen and oxygen atoms in total. The summed E-state index contributed by atoms with van der Waals surface area (Å²) in [5.74, 6) is 2.40. The lowest BCUT2D eigenvalue weighted by Gasteiger charge is -2.16. The van der Waals surface area contributed by atoms with Crippen molar-refractivity contribution in [1.29, 1.82) is 0 Å². The number of hydrogen-bond acceptors (Lipinski definition) is 4. The van der Waals surface area contributed by atoms with Gasteiger partial charge in [-0.3, -0.25) is 0 Å². The maximum atomic E-state index is 5.94. The molecule has 0 aliphatic heterocycles. The number of ether oxygens (including phenoxy) is 3. The summed E-state index contributed by atoms with van der Waals surface area (Å²) in [6.07, 6.45) is 0. The van der Waals surface area contributed by atoms with E-state index in [1.165, 1.54) is 11.1 Å². The van der Waals surface area contributed by atoms with E-state index in [-0.39, 0.29) is 0 Å². The number of methoxy groups -OCH3 is 1. The summed E-state index contributed by atoms with van der Waals surface area (Å²) in [6.45, 7) is 8.87. The van der Waals surface area contributed by atoms with Crippen molar-refractivity contribution >= 4 is 0 Å². The van der Waals surface area contributed by atoms with Crippen molar-refractivity contribution in [3.8, 4) is 17.2 Å². The third-order valence-corrected chi connectivity index (χ3v) is 3.92. The zero-order valence-electron chi connectivity index (χ0n) is 15.0. The molecule has 2 aromatic carbocycles. The van der Waals surface area contributed by atoms with Gasteiger partial charge in [0.2, 0.25) is 0 Å². The maximum absolute atomic E-state index is 5.94. The number of para-hydroxylation sites is 1. The van der Waals surface area contributed by atoms with Crippen molar-refractivity contribution in [2.24, 2.45) is 0 Å². The summed E-state index contributed by atoms with van der Waals surface area (Å²) >= 11 is 0. The van der Waals surface area contributed by atoms with Crippen LogP contribution in [0.15, 0.2) is 36.4 Å². The van der Waals surface area contributed by atoms with E-state index in [4.69, 9.17) is 14.2 Å². The predicted octanol–water partition coefficient (Wildman–Crippen LogP) is 3.88. The van der Waals surface area contributed by atoms with E-state index < -0.39 is 0 Å². The van der Waals surface area contributed by atoms with E-state index in [0.29, 0.717) is 13.2 Å². The van der Waals surface area contributed by atoms with E-state index in [2.05, 4.69) is 38.2 Å². The molecular formula is C20H27NO3. The minimum Gasteiger partial charge on any atom is -0.493 e. The van der Waals surface area contributed by atoms with Crippen molar-refractivity contribution in [3.05, 3.63) is 53.1 Å². The number of benzene rings is 2. The van der Waals surface area contributed by atoms with Crippen molar-refractivity contribution in [1.82, 2.24) is 5.32 Å². The van der Waals surface area contributed by atoms with Crippen LogP contribution in [-0.4, -0.2) is 26.9 Å². The van der Waals surface area contributed by atoms with Crippen LogP contribution in [0.25, 0.3) is 0 Å². The van der Waals surface area contributed by atoms with Gasteiger partial charge < -0.3 is 19.5 Å². The Hall–Kier alpha value is -2.20. The van der Waals surface area contributed by atoms with Gasteiger partial charge in [0.15, 0.2) is 11.5 Å². The molecule has 0 saturated carbocycles. The van der Waals surface area contributed by atoms with Gasteiger partial charge in [-0.15, -0.1) is 0 Å². The second kappa shape index (κ2) is 9.18. The maximum Gasteiger partial charge on any atom is 0.165 e. The normalized spacial score (nSPS) is 10.5. The molecule has 0 unspecified atom stereocenters. The molecule has 2 rings (SSSR count). The standard InChI is InChI=1S/C20H27NO3/c1-5-21-14-17-7-6-8-19(22-4)20(17)24-12-11-23-18-10-9-15(2)16(3)13-18/h6-10,13,21H,5,11-12,14H2,1-4H3. The van der Waals surface area contributed by atoms with Crippen LogP contribution in [0.4, 0.5) is 0 Å². The number of rotatable bonds is 9. The molecule has 0 bridgehead atoms. The van der Waals surface area contributed by atoms with Crippen LogP contribution in [0.5, 0.6) is 17.2 Å². The zero-order valence-corrected chi connectivity index (χ0v) is 15.0. The van der Waals surface area contributed by atoms with Crippen LogP contribution in [0.3, 0.4) is 0 Å². The molecule has 1 N–H and O–H groups in total. The van der Waals surface area contributed by atoms with Crippen molar-refractivity contribution in [2.75, 3.05) is 26.9 Å². The molecule has 0 amide bonds. The number of nitrogens with one attached hydrogen (secondary N) is 1. The predicted molar refractivity (Wildman–Crippen MR) is 97.3 cm³/mol. The topological polar surface area (TPSA) is 39.7 Å². The van der Waals surface area contributed by atoms with Gasteiger partial charge in [-0.2, -0.15) is 0 Å². The number of hydrogen-bond donors (Lipinski definition) is 1. The van der Waals surface area contributed by atoms with E-state index in [1.807, 2.05) is 24.3 Å². The van der Waals surface area contributed by atoms with Crippen molar-refractivity contribution < 1.29 is 14.2 Å². The molecule has 0 heterocycles. The highest BCUT2D eigenvalue weighted by molar-refractivity contribution is 5.46. The van der Waals surface area contributed by atoms with E-state index in [1.54, 1.807) is 7.11 Å². The summed E-state index contributed by atoms with van der Waals surface area (Å²) in [4.78, 5) is 0. The lowest BCUT2D eigenvalue weighted by Crippen LogP contribution is -2.15. The first kappa shape index (κ1) is 18.1. The van der Waals surface area contributed by atoms with Crippen LogP contribution >= 0.6 is 0 Å². The highest BCUT2D eigenvalue weighted by Crippen LogP contribution is 2.31. The van der Waals surface area contributed by atoms with Crippen LogP contribution in [0.1, 0.15) is 23.6 Å². The Balaban J connectivity index is 1.94. The first-order valence-electron chi connectivity index (χ1n) is 8.35. The second-order valence-electron chi connectivity index (χ2n) is 5.67. The smallest absolute Gasteiger partial charge is 0.165 e. The van der Waals surface area contributed by atoms with Gasteiger partial charge in [0, 0.05) is 12.1 Å². The molecular weight excluding hydrogens is 302 g/mol. The molecule has 0 fully saturated rings. The molecule has 0 aliphatic rings. The third kappa shape index (κ3) is 4.90. The average Bonchev–Trinajstić information content (AvgIpc) is 2.60. The lowest BCUT2D eigenvalue weighted by atomic mass is 10.1. The molecule has 130 valence electrons. The molecule has 0 spiro atoms. The van der Waals surface area contributed by atoms with Gasteiger partial charge in [-0.25, -0.2) is 0 Å². The van der Waals surface area contributed by atoms with E-state index in [0.717, 1.165) is 35.9 Å². The average molecular weight is 329 g/mol. The van der Waals surface area contributed by atoms with E-state index in [9.17, 15) is 0 Å². The molecule has 4 heteroatoms. The summed E-state index contributed by atoms with van der Waals surface area (Å²) < 4.78 is 17.1. The quantitative estimate of drug-likeness (QED) is 0.709. The SMILES string of the molecule is CCNCc1cccc(OC)c1OCCOc1ccc(C)c(C)c1. The molecule has 2 aromatic rings. The monoisotopic (exact) mass is 329 g/mol. The molecule has 0 aliphatic carbocycles.